The molecule has 0 unspecified atom stereocenters. The van der Waals surface area contributed by atoms with Crippen LogP contribution in [0.2, 0.25) is 0 Å². The Morgan fingerprint density at radius 3 is 2.58 bits per heavy atom. The lowest BCUT2D eigenvalue weighted by Crippen LogP contribution is -2.29. The third kappa shape index (κ3) is 6.63. The number of nitrogens with zero attached hydrogens (tertiary/aromatic N) is 1. The third-order valence-corrected chi connectivity index (χ3v) is 6.29. The minimum Gasteiger partial charge on any atom is -0.486 e. The Bertz CT molecular complexity index is 1010. The fourth-order valence-electron chi connectivity index (χ4n) is 2.94. The summed E-state index contributed by atoms with van der Waals surface area (Å²) in [5.41, 5.74) is 2.69. The summed E-state index contributed by atoms with van der Waals surface area (Å²) >= 11 is 2.81. The van der Waals surface area contributed by atoms with Gasteiger partial charge in [0.1, 0.15) is 23.1 Å². The molecule has 2 aromatic heterocycles. The van der Waals surface area contributed by atoms with Gasteiger partial charge < -0.3 is 15.4 Å². The molecule has 0 bridgehead atoms. The topological polar surface area (TPSA) is 80.3 Å². The SMILES string of the molecule is Cc1ccc(C(C)C)c(OCc2nc(C(=O)NCCCNC(=O)c3cccs3)cs2)c1. The number of aryl methyl sites for hydroxylation is 1. The van der Waals surface area contributed by atoms with E-state index in [4.69, 9.17) is 4.74 Å². The van der Waals surface area contributed by atoms with Gasteiger partial charge in [-0.25, -0.2) is 4.98 Å². The molecule has 31 heavy (non-hydrogen) atoms. The number of ether oxygens (including phenoxy) is 1. The Hall–Kier alpha value is -2.71. The van der Waals surface area contributed by atoms with Crippen molar-refractivity contribution in [2.45, 2.75) is 39.7 Å². The standard InChI is InChI=1S/C23H27N3O3S2/c1-15(2)17-8-7-16(3)12-19(17)29-13-21-26-18(14-31-21)22(27)24-9-5-10-25-23(28)20-6-4-11-30-20/h4,6-8,11-12,14-15H,5,9-10,13H2,1-3H3,(H,24,27)(H,25,28). The third-order valence-electron chi connectivity index (χ3n) is 4.60. The second-order valence-electron chi connectivity index (χ2n) is 7.45. The van der Waals surface area contributed by atoms with Crippen LogP contribution in [0.15, 0.2) is 41.1 Å². The second-order valence-corrected chi connectivity index (χ2v) is 9.34. The van der Waals surface area contributed by atoms with E-state index in [0.717, 1.165) is 21.9 Å². The predicted octanol–water partition coefficient (Wildman–Crippen LogP) is 4.77. The van der Waals surface area contributed by atoms with E-state index in [0.29, 0.717) is 42.6 Å². The van der Waals surface area contributed by atoms with Crippen molar-refractivity contribution >= 4 is 34.5 Å². The molecule has 0 radical (unpaired) electrons. The quantitative estimate of drug-likeness (QED) is 0.430. The monoisotopic (exact) mass is 457 g/mol. The Morgan fingerprint density at radius 1 is 1.10 bits per heavy atom. The normalized spacial score (nSPS) is 10.8. The van der Waals surface area contributed by atoms with E-state index in [9.17, 15) is 9.59 Å². The molecule has 6 nitrogen and oxygen atoms in total. The summed E-state index contributed by atoms with van der Waals surface area (Å²) in [5, 5.41) is 10.0. The molecule has 8 heteroatoms. The van der Waals surface area contributed by atoms with E-state index < -0.39 is 0 Å². The van der Waals surface area contributed by atoms with E-state index in [2.05, 4.69) is 41.6 Å². The molecular weight excluding hydrogens is 430 g/mol. The van der Waals surface area contributed by atoms with Crippen LogP contribution >= 0.6 is 22.7 Å². The highest BCUT2D eigenvalue weighted by molar-refractivity contribution is 7.12. The summed E-state index contributed by atoms with van der Waals surface area (Å²) in [7, 11) is 0. The maximum absolute atomic E-state index is 12.3. The molecule has 0 atom stereocenters. The first-order valence-corrected chi connectivity index (χ1v) is 12.0. The lowest BCUT2D eigenvalue weighted by atomic mass is 10.0. The number of thiophene rings is 1. The number of hydrogen-bond donors (Lipinski definition) is 2. The summed E-state index contributed by atoms with van der Waals surface area (Å²) in [6, 6.07) is 9.85. The minimum atomic E-state index is -0.217. The van der Waals surface area contributed by atoms with E-state index in [1.54, 1.807) is 11.4 Å². The van der Waals surface area contributed by atoms with Crippen LogP contribution in [-0.4, -0.2) is 29.9 Å². The highest BCUT2D eigenvalue weighted by atomic mass is 32.1. The number of amides is 2. The zero-order chi connectivity index (χ0) is 22.2. The summed E-state index contributed by atoms with van der Waals surface area (Å²) in [4.78, 5) is 29.3. The number of benzene rings is 1. The minimum absolute atomic E-state index is 0.0836. The van der Waals surface area contributed by atoms with Gasteiger partial charge in [0.05, 0.1) is 4.88 Å². The van der Waals surface area contributed by atoms with Crippen molar-refractivity contribution in [3.8, 4) is 5.75 Å². The Balaban J connectivity index is 1.42. The van der Waals surface area contributed by atoms with Crippen molar-refractivity contribution in [2.75, 3.05) is 13.1 Å². The summed E-state index contributed by atoms with van der Waals surface area (Å²) in [6.07, 6.45) is 0.647. The van der Waals surface area contributed by atoms with Gasteiger partial charge in [-0.1, -0.05) is 32.0 Å². The zero-order valence-electron chi connectivity index (χ0n) is 17.9. The van der Waals surface area contributed by atoms with Crippen molar-refractivity contribution in [1.29, 1.82) is 0 Å². The predicted molar refractivity (Wildman–Crippen MR) is 125 cm³/mol. The molecule has 0 aliphatic rings. The van der Waals surface area contributed by atoms with Gasteiger partial charge in [0.2, 0.25) is 0 Å². The molecule has 0 fully saturated rings. The first-order chi connectivity index (χ1) is 14.9. The molecule has 0 saturated heterocycles. The van der Waals surface area contributed by atoms with Crippen molar-refractivity contribution in [2.24, 2.45) is 0 Å². The zero-order valence-corrected chi connectivity index (χ0v) is 19.6. The van der Waals surface area contributed by atoms with Crippen LogP contribution in [0.5, 0.6) is 5.75 Å². The van der Waals surface area contributed by atoms with Gasteiger partial charge in [-0.3, -0.25) is 9.59 Å². The lowest BCUT2D eigenvalue weighted by molar-refractivity contribution is 0.0948. The molecule has 2 amide bonds. The first-order valence-electron chi connectivity index (χ1n) is 10.2. The van der Waals surface area contributed by atoms with Crippen LogP contribution in [0.25, 0.3) is 0 Å². The summed E-state index contributed by atoms with van der Waals surface area (Å²) in [5.74, 6) is 0.925. The van der Waals surface area contributed by atoms with Gasteiger partial charge in [-0.05, 0) is 47.9 Å². The fourth-order valence-corrected chi connectivity index (χ4v) is 4.27. The molecule has 0 saturated carbocycles. The molecule has 0 aliphatic carbocycles. The molecule has 164 valence electrons. The first kappa shape index (κ1) is 23.0. The average molecular weight is 458 g/mol. The highest BCUT2D eigenvalue weighted by Crippen LogP contribution is 2.28. The van der Waals surface area contributed by atoms with Crippen LogP contribution in [0, 0.1) is 6.92 Å². The molecule has 0 spiro atoms. The summed E-state index contributed by atoms with van der Waals surface area (Å²) < 4.78 is 6.00. The Labute approximate surface area is 190 Å². The maximum atomic E-state index is 12.3. The molecular formula is C23H27N3O3S2. The number of nitrogens with one attached hydrogen (secondary N) is 2. The van der Waals surface area contributed by atoms with Gasteiger partial charge in [-0.15, -0.1) is 22.7 Å². The number of aromatic nitrogens is 1. The Kier molecular flexibility index (Phi) is 8.20. The molecule has 0 aliphatic heterocycles. The van der Waals surface area contributed by atoms with Crippen molar-refractivity contribution < 1.29 is 14.3 Å². The number of hydrogen-bond acceptors (Lipinski definition) is 6. The summed E-state index contributed by atoms with van der Waals surface area (Å²) in [6.45, 7) is 7.61. The van der Waals surface area contributed by atoms with Gasteiger partial charge in [0, 0.05) is 18.5 Å². The van der Waals surface area contributed by atoms with Crippen LogP contribution in [0.1, 0.15) is 62.5 Å². The molecule has 3 rings (SSSR count). The van der Waals surface area contributed by atoms with Gasteiger partial charge in [0.25, 0.3) is 11.8 Å². The largest absolute Gasteiger partial charge is 0.486 e. The van der Waals surface area contributed by atoms with E-state index in [1.165, 1.54) is 22.7 Å². The molecule has 3 aromatic rings. The second kappa shape index (κ2) is 11.1. The lowest BCUT2D eigenvalue weighted by Gasteiger charge is -2.14. The van der Waals surface area contributed by atoms with Crippen molar-refractivity contribution in [3.63, 3.8) is 0 Å². The molecule has 2 heterocycles. The molecule has 2 N–H and O–H groups in total. The Morgan fingerprint density at radius 2 is 1.87 bits per heavy atom. The van der Waals surface area contributed by atoms with Crippen LogP contribution < -0.4 is 15.4 Å². The number of rotatable bonds is 10. The van der Waals surface area contributed by atoms with Gasteiger partial charge >= 0.3 is 0 Å². The van der Waals surface area contributed by atoms with Crippen LogP contribution in [-0.2, 0) is 6.61 Å². The van der Waals surface area contributed by atoms with Crippen LogP contribution in [0.4, 0.5) is 0 Å². The highest BCUT2D eigenvalue weighted by Gasteiger charge is 2.13. The van der Waals surface area contributed by atoms with Gasteiger partial charge in [0.15, 0.2) is 0 Å². The number of carbonyl (C=O) groups is 2. The number of thiazole rings is 1. The number of carbonyl (C=O) groups excluding carboxylic acids is 2. The fraction of sp³-hybridized carbons (Fsp3) is 0.348. The average Bonchev–Trinajstić information content (AvgIpc) is 3.44. The van der Waals surface area contributed by atoms with Crippen LogP contribution in [0.3, 0.4) is 0 Å². The van der Waals surface area contributed by atoms with Gasteiger partial charge in [-0.2, -0.15) is 0 Å². The van der Waals surface area contributed by atoms with Crippen molar-refractivity contribution in [1.82, 2.24) is 15.6 Å². The van der Waals surface area contributed by atoms with E-state index in [1.807, 2.05) is 24.4 Å². The smallest absolute Gasteiger partial charge is 0.270 e. The van der Waals surface area contributed by atoms with E-state index in [-0.39, 0.29) is 11.8 Å². The van der Waals surface area contributed by atoms with E-state index >= 15 is 0 Å². The van der Waals surface area contributed by atoms with Crippen molar-refractivity contribution in [3.05, 3.63) is 67.8 Å². The maximum Gasteiger partial charge on any atom is 0.270 e. The molecule has 1 aromatic carbocycles.